The molecule has 2 atom stereocenters. The molecule has 0 radical (unpaired) electrons. The average Bonchev–Trinajstić information content (AvgIpc) is 3.29. The zero-order valence-electron chi connectivity index (χ0n) is 12.4. The van der Waals surface area contributed by atoms with E-state index in [4.69, 9.17) is 23.7 Å². The molecule has 0 unspecified atom stereocenters. The Morgan fingerprint density at radius 3 is 2.09 bits per heavy atom. The van der Waals surface area contributed by atoms with Crippen LogP contribution in [0.15, 0.2) is 12.1 Å². The Kier molecular flexibility index (Phi) is 5.02. The van der Waals surface area contributed by atoms with Gasteiger partial charge in [0.2, 0.25) is 0 Å². The number of methoxy groups -OCH3 is 3. The van der Waals surface area contributed by atoms with Gasteiger partial charge in [-0.2, -0.15) is 13.2 Å². The second-order valence-corrected chi connectivity index (χ2v) is 4.66. The topological polar surface area (TPSA) is 49.5 Å². The molecule has 0 bridgehead atoms. The summed E-state index contributed by atoms with van der Waals surface area (Å²) in [6.07, 6.45) is -7.01. The van der Waals surface area contributed by atoms with E-state index in [0.717, 1.165) is 0 Å². The number of benzene rings is 1. The first-order chi connectivity index (χ1) is 10.4. The van der Waals surface area contributed by atoms with Gasteiger partial charge in [-0.05, 0) is 6.07 Å². The Bertz CT molecular complexity index is 514. The summed E-state index contributed by atoms with van der Waals surface area (Å²) >= 11 is 0. The SMILES string of the molecule is COc1cc(OC)c([C@@H](OC[C@@H]2CO2)C(F)(F)F)cc1OC. The molecule has 0 N–H and O–H groups in total. The minimum atomic E-state index is -4.60. The summed E-state index contributed by atoms with van der Waals surface area (Å²) in [5, 5.41) is 0. The molecule has 1 saturated heterocycles. The summed E-state index contributed by atoms with van der Waals surface area (Å²) in [6, 6.07) is 2.55. The van der Waals surface area contributed by atoms with Crippen LogP contribution in [0.5, 0.6) is 17.2 Å². The first kappa shape index (κ1) is 16.7. The molecule has 22 heavy (non-hydrogen) atoms. The van der Waals surface area contributed by atoms with Gasteiger partial charge in [-0.1, -0.05) is 0 Å². The molecule has 2 rings (SSSR count). The van der Waals surface area contributed by atoms with E-state index in [2.05, 4.69) is 0 Å². The molecule has 1 aromatic rings. The van der Waals surface area contributed by atoms with Gasteiger partial charge >= 0.3 is 6.18 Å². The van der Waals surface area contributed by atoms with Crippen LogP contribution in [0.25, 0.3) is 0 Å². The fourth-order valence-corrected chi connectivity index (χ4v) is 1.99. The van der Waals surface area contributed by atoms with Gasteiger partial charge in [-0.3, -0.25) is 0 Å². The molecular formula is C14H17F3O5. The lowest BCUT2D eigenvalue weighted by atomic mass is 10.1. The molecule has 1 aromatic carbocycles. The van der Waals surface area contributed by atoms with Gasteiger partial charge in [0.15, 0.2) is 17.6 Å². The lowest BCUT2D eigenvalue weighted by molar-refractivity contribution is -0.225. The van der Waals surface area contributed by atoms with Crippen molar-refractivity contribution in [3.63, 3.8) is 0 Å². The first-order valence-corrected chi connectivity index (χ1v) is 6.50. The maximum absolute atomic E-state index is 13.3. The molecular weight excluding hydrogens is 305 g/mol. The van der Waals surface area contributed by atoms with Crippen molar-refractivity contribution in [3.8, 4) is 17.2 Å². The average molecular weight is 322 g/mol. The maximum Gasteiger partial charge on any atom is 0.419 e. The fourth-order valence-electron chi connectivity index (χ4n) is 1.99. The number of halogens is 3. The number of hydrogen-bond donors (Lipinski definition) is 0. The van der Waals surface area contributed by atoms with Crippen LogP contribution in [-0.4, -0.2) is 46.8 Å². The van der Waals surface area contributed by atoms with Gasteiger partial charge in [0, 0.05) is 11.6 Å². The van der Waals surface area contributed by atoms with Crippen molar-refractivity contribution in [2.45, 2.75) is 18.4 Å². The van der Waals surface area contributed by atoms with E-state index in [9.17, 15) is 13.2 Å². The Labute approximate surface area is 125 Å². The highest BCUT2D eigenvalue weighted by atomic mass is 19.4. The molecule has 124 valence electrons. The normalized spacial score (nSPS) is 18.7. The van der Waals surface area contributed by atoms with Gasteiger partial charge in [0.25, 0.3) is 0 Å². The van der Waals surface area contributed by atoms with Gasteiger partial charge < -0.3 is 23.7 Å². The predicted octanol–water partition coefficient (Wildman–Crippen LogP) is 2.73. The van der Waals surface area contributed by atoms with E-state index < -0.39 is 12.3 Å². The van der Waals surface area contributed by atoms with Gasteiger partial charge in [0.05, 0.1) is 34.5 Å². The molecule has 0 aromatic heterocycles. The van der Waals surface area contributed by atoms with Crippen LogP contribution in [0, 0.1) is 0 Å². The minimum Gasteiger partial charge on any atom is -0.496 e. The summed E-state index contributed by atoms with van der Waals surface area (Å²) in [7, 11) is 4.01. The summed E-state index contributed by atoms with van der Waals surface area (Å²) in [5.41, 5.74) is -0.173. The van der Waals surface area contributed by atoms with Crippen molar-refractivity contribution >= 4 is 0 Å². The second-order valence-electron chi connectivity index (χ2n) is 4.66. The molecule has 0 aliphatic carbocycles. The van der Waals surface area contributed by atoms with E-state index in [1.165, 1.54) is 33.5 Å². The molecule has 0 amide bonds. The standard InChI is InChI=1S/C14H17F3O5/c1-18-10-5-12(20-3)11(19-2)4-9(10)13(14(15,16)17)22-7-8-6-21-8/h4-5,8,13H,6-7H2,1-3H3/t8-,13+/m0/s1. The number of alkyl halides is 3. The highest BCUT2D eigenvalue weighted by Gasteiger charge is 2.45. The Hall–Kier alpha value is -1.67. The predicted molar refractivity (Wildman–Crippen MR) is 70.6 cm³/mol. The van der Waals surface area contributed by atoms with Crippen LogP contribution in [0.1, 0.15) is 11.7 Å². The number of rotatable bonds is 7. The van der Waals surface area contributed by atoms with Crippen molar-refractivity contribution in [1.29, 1.82) is 0 Å². The number of epoxide rings is 1. The van der Waals surface area contributed by atoms with Crippen LogP contribution >= 0.6 is 0 Å². The third kappa shape index (κ3) is 3.75. The smallest absolute Gasteiger partial charge is 0.419 e. The van der Waals surface area contributed by atoms with Crippen molar-refractivity contribution in [1.82, 2.24) is 0 Å². The van der Waals surface area contributed by atoms with Crippen LogP contribution in [0.4, 0.5) is 13.2 Å². The third-order valence-corrected chi connectivity index (χ3v) is 3.17. The lowest BCUT2D eigenvalue weighted by Gasteiger charge is -2.24. The molecule has 1 heterocycles. The first-order valence-electron chi connectivity index (χ1n) is 6.50. The molecule has 0 saturated carbocycles. The van der Waals surface area contributed by atoms with Gasteiger partial charge in [-0.25, -0.2) is 0 Å². The van der Waals surface area contributed by atoms with Crippen molar-refractivity contribution in [2.75, 3.05) is 34.5 Å². The quantitative estimate of drug-likeness (QED) is 0.723. The largest absolute Gasteiger partial charge is 0.496 e. The highest BCUT2D eigenvalue weighted by Crippen LogP contribution is 2.44. The maximum atomic E-state index is 13.3. The van der Waals surface area contributed by atoms with Crippen LogP contribution < -0.4 is 14.2 Å². The Morgan fingerprint density at radius 1 is 1.09 bits per heavy atom. The lowest BCUT2D eigenvalue weighted by Crippen LogP contribution is -2.25. The van der Waals surface area contributed by atoms with E-state index in [1.54, 1.807) is 0 Å². The summed E-state index contributed by atoms with van der Waals surface area (Å²) in [5.74, 6) is 0.449. The molecule has 0 spiro atoms. The molecule has 1 aliphatic rings. The van der Waals surface area contributed by atoms with E-state index in [1.807, 2.05) is 0 Å². The number of hydrogen-bond acceptors (Lipinski definition) is 5. The highest BCUT2D eigenvalue weighted by molar-refractivity contribution is 5.51. The van der Waals surface area contributed by atoms with Crippen molar-refractivity contribution in [2.24, 2.45) is 0 Å². The second kappa shape index (κ2) is 6.62. The van der Waals surface area contributed by atoms with E-state index in [0.29, 0.717) is 6.61 Å². The summed E-state index contributed by atoms with van der Waals surface area (Å²) in [6.45, 7) is 0.273. The van der Waals surface area contributed by atoms with Crippen molar-refractivity contribution in [3.05, 3.63) is 17.7 Å². The Balaban J connectivity index is 2.39. The molecule has 1 fully saturated rings. The van der Waals surface area contributed by atoms with Gasteiger partial charge in [-0.15, -0.1) is 0 Å². The molecule has 5 nitrogen and oxygen atoms in total. The summed E-state index contributed by atoms with van der Waals surface area (Å²) in [4.78, 5) is 0. The van der Waals surface area contributed by atoms with Crippen molar-refractivity contribution < 1.29 is 36.9 Å². The zero-order chi connectivity index (χ0) is 16.3. The fraction of sp³-hybridized carbons (Fsp3) is 0.571. The monoisotopic (exact) mass is 322 g/mol. The zero-order valence-corrected chi connectivity index (χ0v) is 12.4. The molecule has 8 heteroatoms. The third-order valence-electron chi connectivity index (χ3n) is 3.17. The minimum absolute atomic E-state index is 0.0108. The van der Waals surface area contributed by atoms with Crippen LogP contribution in [0.3, 0.4) is 0 Å². The molecule has 1 aliphatic heterocycles. The van der Waals surface area contributed by atoms with Crippen LogP contribution in [-0.2, 0) is 9.47 Å². The van der Waals surface area contributed by atoms with Crippen LogP contribution in [0.2, 0.25) is 0 Å². The van der Waals surface area contributed by atoms with Gasteiger partial charge in [0.1, 0.15) is 11.9 Å². The summed E-state index contributed by atoms with van der Waals surface area (Å²) < 4.78 is 65.0. The van der Waals surface area contributed by atoms with E-state index >= 15 is 0 Å². The number of ether oxygens (including phenoxy) is 5. The van der Waals surface area contributed by atoms with E-state index in [-0.39, 0.29) is 35.5 Å². The Morgan fingerprint density at radius 2 is 1.64 bits per heavy atom.